The first-order chi connectivity index (χ1) is 15.3. The van der Waals surface area contributed by atoms with Gasteiger partial charge >= 0.3 is 5.97 Å². The van der Waals surface area contributed by atoms with Crippen LogP contribution in [0.25, 0.3) is 11.5 Å². The van der Waals surface area contributed by atoms with Gasteiger partial charge in [0.15, 0.2) is 0 Å². The van der Waals surface area contributed by atoms with Crippen LogP contribution in [-0.2, 0) is 26.1 Å². The number of carbonyl (C=O) groups excluding carboxylic acids is 1. The number of primary sulfonamides is 1. The Labute approximate surface area is 185 Å². The normalized spacial score (nSPS) is 14.4. The molecule has 1 aliphatic heterocycles. The van der Waals surface area contributed by atoms with E-state index in [0.29, 0.717) is 49.3 Å². The molecule has 1 fully saturated rings. The summed E-state index contributed by atoms with van der Waals surface area (Å²) in [5.74, 6) is 0.281. The first-order valence-electron chi connectivity index (χ1n) is 10.0. The summed E-state index contributed by atoms with van der Waals surface area (Å²) in [6, 6.07) is 13.6. The minimum atomic E-state index is -3.99. The van der Waals surface area contributed by atoms with E-state index in [1.165, 1.54) is 12.1 Å². The Balaban J connectivity index is 1.58. The molecule has 1 aromatic heterocycles. The summed E-state index contributed by atoms with van der Waals surface area (Å²) in [5, 5.41) is 5.26. The van der Waals surface area contributed by atoms with Crippen LogP contribution in [-0.4, -0.2) is 45.7 Å². The highest BCUT2D eigenvalue weighted by Crippen LogP contribution is 2.27. The molecule has 10 heteroatoms. The zero-order valence-electron chi connectivity index (χ0n) is 17.5. The number of nitrogens with zero attached hydrogens (tertiary/aromatic N) is 2. The van der Waals surface area contributed by atoms with Crippen LogP contribution in [0.15, 0.2) is 57.8 Å². The second-order valence-corrected chi connectivity index (χ2v) is 8.85. The molecular formula is C22H23N3O6S. The zero-order chi connectivity index (χ0) is 22.7. The van der Waals surface area contributed by atoms with Gasteiger partial charge in [0.05, 0.1) is 29.4 Å². The number of ether oxygens (including phenoxy) is 2. The quantitative estimate of drug-likeness (QED) is 0.560. The molecule has 32 heavy (non-hydrogen) atoms. The molecule has 0 radical (unpaired) electrons. The number of nitrogens with two attached hydrogens (primary N) is 1. The smallest absolute Gasteiger partial charge is 0.340 e. The first kappa shape index (κ1) is 22.0. The van der Waals surface area contributed by atoms with Gasteiger partial charge in [0.25, 0.3) is 0 Å². The van der Waals surface area contributed by atoms with Gasteiger partial charge in [-0.3, -0.25) is 0 Å². The number of carbonyl (C=O) groups is 1. The maximum absolute atomic E-state index is 13.0. The van der Waals surface area contributed by atoms with Gasteiger partial charge < -0.3 is 18.8 Å². The Kier molecular flexibility index (Phi) is 6.26. The van der Waals surface area contributed by atoms with E-state index in [4.69, 9.17) is 19.0 Å². The molecule has 0 spiro atoms. The minimum absolute atomic E-state index is 0.114. The van der Waals surface area contributed by atoms with Crippen molar-refractivity contribution in [2.24, 2.45) is 5.14 Å². The molecule has 0 atom stereocenters. The standard InChI is InChI=1S/C22H23N3O6S/c1-15-19(24-21(31-15)16-5-3-2-4-6-16)14-30-22(26)18-13-17(32(23,27)28)7-8-20(18)25-9-11-29-12-10-25/h2-8,13H,9-12,14H2,1H3,(H2,23,27,28). The molecule has 1 aliphatic rings. The lowest BCUT2D eigenvalue weighted by molar-refractivity contribution is 0.0466. The van der Waals surface area contributed by atoms with Gasteiger partial charge in [0.1, 0.15) is 18.1 Å². The monoisotopic (exact) mass is 457 g/mol. The Hall–Kier alpha value is -3.21. The van der Waals surface area contributed by atoms with E-state index in [1.54, 1.807) is 13.0 Å². The Morgan fingerprint density at radius 1 is 1.16 bits per heavy atom. The number of benzene rings is 2. The van der Waals surface area contributed by atoms with Crippen LogP contribution in [0.5, 0.6) is 0 Å². The van der Waals surface area contributed by atoms with Crippen molar-refractivity contribution in [3.8, 4) is 11.5 Å². The van der Waals surface area contributed by atoms with Crippen molar-refractivity contribution in [3.63, 3.8) is 0 Å². The van der Waals surface area contributed by atoms with Crippen molar-refractivity contribution < 1.29 is 27.1 Å². The number of hydrogen-bond acceptors (Lipinski definition) is 8. The van der Waals surface area contributed by atoms with E-state index in [9.17, 15) is 13.2 Å². The van der Waals surface area contributed by atoms with Crippen LogP contribution in [0.1, 0.15) is 21.8 Å². The maximum Gasteiger partial charge on any atom is 0.340 e. The molecule has 2 aromatic carbocycles. The Bertz CT molecular complexity index is 1220. The topological polar surface area (TPSA) is 125 Å². The molecule has 1 saturated heterocycles. The number of morpholine rings is 1. The average molecular weight is 458 g/mol. The Morgan fingerprint density at radius 2 is 1.88 bits per heavy atom. The van der Waals surface area contributed by atoms with Crippen LogP contribution >= 0.6 is 0 Å². The zero-order valence-corrected chi connectivity index (χ0v) is 18.3. The lowest BCUT2D eigenvalue weighted by atomic mass is 10.1. The second-order valence-electron chi connectivity index (χ2n) is 7.29. The summed E-state index contributed by atoms with van der Waals surface area (Å²) < 4.78 is 40.2. The SMILES string of the molecule is Cc1oc(-c2ccccc2)nc1COC(=O)c1cc(S(N)(=O)=O)ccc1N1CCOCC1. The molecular weight excluding hydrogens is 434 g/mol. The van der Waals surface area contributed by atoms with E-state index in [-0.39, 0.29) is 17.1 Å². The molecule has 0 aliphatic carbocycles. The van der Waals surface area contributed by atoms with Crippen LogP contribution in [0.3, 0.4) is 0 Å². The predicted molar refractivity (Wildman–Crippen MR) is 117 cm³/mol. The fraction of sp³-hybridized carbons (Fsp3) is 0.273. The molecule has 9 nitrogen and oxygen atoms in total. The highest BCUT2D eigenvalue weighted by Gasteiger charge is 2.23. The molecule has 0 bridgehead atoms. The number of aromatic nitrogens is 1. The number of oxazole rings is 1. The summed E-state index contributed by atoms with van der Waals surface area (Å²) in [5.41, 5.74) is 1.96. The maximum atomic E-state index is 13.0. The van der Waals surface area contributed by atoms with Gasteiger partial charge in [0.2, 0.25) is 15.9 Å². The predicted octanol–water partition coefficient (Wildman–Crippen LogP) is 2.49. The Morgan fingerprint density at radius 3 is 2.56 bits per heavy atom. The number of esters is 1. The van der Waals surface area contributed by atoms with Gasteiger partial charge in [0, 0.05) is 18.7 Å². The fourth-order valence-electron chi connectivity index (χ4n) is 3.41. The summed E-state index contributed by atoms with van der Waals surface area (Å²) in [7, 11) is -3.99. The van der Waals surface area contributed by atoms with Gasteiger partial charge in [-0.2, -0.15) is 0 Å². The molecule has 3 aromatic rings. The molecule has 0 amide bonds. The number of rotatable bonds is 6. The van der Waals surface area contributed by atoms with Gasteiger partial charge in [-0.1, -0.05) is 18.2 Å². The molecule has 0 unspecified atom stereocenters. The van der Waals surface area contributed by atoms with Crippen molar-refractivity contribution >= 4 is 21.7 Å². The van der Waals surface area contributed by atoms with Crippen molar-refractivity contribution in [3.05, 3.63) is 65.5 Å². The van der Waals surface area contributed by atoms with Gasteiger partial charge in [-0.05, 0) is 37.3 Å². The fourth-order valence-corrected chi connectivity index (χ4v) is 3.95. The van der Waals surface area contributed by atoms with Crippen LogP contribution in [0.4, 0.5) is 5.69 Å². The van der Waals surface area contributed by atoms with Gasteiger partial charge in [-0.25, -0.2) is 23.3 Å². The average Bonchev–Trinajstić information content (AvgIpc) is 3.18. The molecule has 168 valence electrons. The third kappa shape index (κ3) is 4.82. The molecule has 2 heterocycles. The highest BCUT2D eigenvalue weighted by molar-refractivity contribution is 7.89. The number of sulfonamides is 1. The lowest BCUT2D eigenvalue weighted by Crippen LogP contribution is -2.37. The van der Waals surface area contributed by atoms with Crippen LogP contribution in [0, 0.1) is 6.92 Å². The lowest BCUT2D eigenvalue weighted by Gasteiger charge is -2.30. The van der Waals surface area contributed by atoms with Crippen molar-refractivity contribution in [2.45, 2.75) is 18.4 Å². The number of anilines is 1. The van der Waals surface area contributed by atoms with Crippen molar-refractivity contribution in [1.82, 2.24) is 4.98 Å². The van der Waals surface area contributed by atoms with Crippen LogP contribution < -0.4 is 10.0 Å². The summed E-state index contributed by atoms with van der Waals surface area (Å²) in [4.78, 5) is 19.2. The van der Waals surface area contributed by atoms with Gasteiger partial charge in [-0.15, -0.1) is 0 Å². The van der Waals surface area contributed by atoms with E-state index < -0.39 is 16.0 Å². The number of hydrogen-bond donors (Lipinski definition) is 1. The van der Waals surface area contributed by atoms with Crippen molar-refractivity contribution in [1.29, 1.82) is 0 Å². The van der Waals surface area contributed by atoms with Crippen LogP contribution in [0.2, 0.25) is 0 Å². The molecule has 2 N–H and O–H groups in total. The third-order valence-electron chi connectivity index (χ3n) is 5.12. The molecule has 4 rings (SSSR count). The largest absolute Gasteiger partial charge is 0.455 e. The van der Waals surface area contributed by atoms with E-state index in [1.807, 2.05) is 35.2 Å². The summed E-state index contributed by atoms with van der Waals surface area (Å²) in [6.07, 6.45) is 0. The summed E-state index contributed by atoms with van der Waals surface area (Å²) in [6.45, 7) is 3.76. The first-order valence-corrected chi connectivity index (χ1v) is 11.6. The van der Waals surface area contributed by atoms with Crippen molar-refractivity contribution in [2.75, 3.05) is 31.2 Å². The minimum Gasteiger partial charge on any atom is -0.455 e. The van der Waals surface area contributed by atoms with E-state index in [0.717, 1.165) is 5.56 Å². The summed E-state index contributed by atoms with van der Waals surface area (Å²) >= 11 is 0. The number of aryl methyl sites for hydroxylation is 1. The van der Waals surface area contributed by atoms with E-state index >= 15 is 0 Å². The van der Waals surface area contributed by atoms with E-state index in [2.05, 4.69) is 4.98 Å². The molecule has 0 saturated carbocycles. The third-order valence-corrected chi connectivity index (χ3v) is 6.03. The second kappa shape index (κ2) is 9.11. The highest BCUT2D eigenvalue weighted by atomic mass is 32.2.